The minimum absolute atomic E-state index is 0.790. The average molecular weight is 247 g/mol. The topological polar surface area (TPSA) is 63.0 Å². The molecule has 0 atom stereocenters. The molecule has 18 heavy (non-hydrogen) atoms. The molecule has 1 saturated heterocycles. The second kappa shape index (κ2) is 4.49. The summed E-state index contributed by atoms with van der Waals surface area (Å²) in [6, 6.07) is 0. The molecule has 0 spiro atoms. The van der Waals surface area contributed by atoms with Gasteiger partial charge in [-0.15, -0.1) is 5.10 Å². The van der Waals surface area contributed by atoms with Gasteiger partial charge in [0.15, 0.2) is 17.0 Å². The fourth-order valence-electron chi connectivity index (χ4n) is 2.35. The van der Waals surface area contributed by atoms with Crippen LogP contribution in [0.15, 0.2) is 6.33 Å². The second-order valence-electron chi connectivity index (χ2n) is 4.50. The maximum Gasteiger partial charge on any atom is 0.183 e. The van der Waals surface area contributed by atoms with Gasteiger partial charge in [0.2, 0.25) is 0 Å². The molecule has 2 aromatic heterocycles. The third-order valence-corrected chi connectivity index (χ3v) is 3.49. The highest BCUT2D eigenvalue weighted by molar-refractivity contribution is 5.82. The molecule has 0 saturated carbocycles. The fourth-order valence-corrected chi connectivity index (χ4v) is 2.35. The predicted octanol–water partition coefficient (Wildman–Crippen LogP) is -0.0998. The van der Waals surface area contributed by atoms with Crippen LogP contribution >= 0.6 is 0 Å². The highest BCUT2D eigenvalue weighted by Crippen LogP contribution is 2.20. The van der Waals surface area contributed by atoms with Crippen molar-refractivity contribution in [2.45, 2.75) is 6.92 Å². The van der Waals surface area contributed by atoms with Crippen molar-refractivity contribution in [1.82, 2.24) is 29.9 Å². The molecule has 1 fully saturated rings. The van der Waals surface area contributed by atoms with Gasteiger partial charge in [0, 0.05) is 33.2 Å². The van der Waals surface area contributed by atoms with E-state index in [0.29, 0.717) is 0 Å². The van der Waals surface area contributed by atoms with E-state index >= 15 is 0 Å². The zero-order valence-corrected chi connectivity index (χ0v) is 10.7. The van der Waals surface area contributed by atoms with Crippen molar-refractivity contribution in [3.8, 4) is 0 Å². The van der Waals surface area contributed by atoms with Crippen molar-refractivity contribution in [2.24, 2.45) is 7.05 Å². The van der Waals surface area contributed by atoms with Crippen molar-refractivity contribution in [1.29, 1.82) is 0 Å². The first-order chi connectivity index (χ1) is 8.79. The van der Waals surface area contributed by atoms with Crippen LogP contribution in [0.1, 0.15) is 6.92 Å². The molecule has 0 N–H and O–H groups in total. The Labute approximate surface area is 105 Å². The van der Waals surface area contributed by atoms with Gasteiger partial charge in [-0.05, 0) is 6.54 Å². The standard InChI is InChI=1S/C11H17N7/c1-3-17-4-6-18(7-5-17)11-9-10(12-8-13-11)16(2)15-14-9/h8H,3-7H2,1-2H3. The van der Waals surface area contributed by atoms with E-state index in [0.717, 1.165) is 49.7 Å². The number of rotatable bonds is 2. The van der Waals surface area contributed by atoms with Gasteiger partial charge in [0.25, 0.3) is 0 Å². The summed E-state index contributed by atoms with van der Waals surface area (Å²) in [5, 5.41) is 8.17. The first-order valence-electron chi connectivity index (χ1n) is 6.27. The van der Waals surface area contributed by atoms with E-state index in [1.165, 1.54) is 0 Å². The molecule has 3 heterocycles. The highest BCUT2D eigenvalue weighted by Gasteiger charge is 2.20. The van der Waals surface area contributed by atoms with E-state index in [4.69, 9.17) is 0 Å². The number of aromatic nitrogens is 5. The van der Waals surface area contributed by atoms with Crippen LogP contribution in [-0.4, -0.2) is 62.6 Å². The minimum Gasteiger partial charge on any atom is -0.352 e. The molecule has 3 rings (SSSR count). The molecule has 0 unspecified atom stereocenters. The average Bonchev–Trinajstić information content (AvgIpc) is 2.81. The van der Waals surface area contributed by atoms with Crippen molar-refractivity contribution in [2.75, 3.05) is 37.6 Å². The zero-order chi connectivity index (χ0) is 12.5. The van der Waals surface area contributed by atoms with E-state index in [1.54, 1.807) is 11.0 Å². The van der Waals surface area contributed by atoms with Crippen LogP contribution in [0.4, 0.5) is 5.82 Å². The Morgan fingerprint density at radius 3 is 2.67 bits per heavy atom. The summed E-state index contributed by atoms with van der Waals surface area (Å²) in [4.78, 5) is 13.3. The van der Waals surface area contributed by atoms with Crippen molar-refractivity contribution in [3.05, 3.63) is 6.33 Å². The number of nitrogens with zero attached hydrogens (tertiary/aromatic N) is 7. The SMILES string of the molecule is CCN1CCN(c2ncnc3c2nnn3C)CC1. The first kappa shape index (κ1) is 11.3. The van der Waals surface area contributed by atoms with Crippen LogP contribution in [0.3, 0.4) is 0 Å². The Kier molecular flexibility index (Phi) is 2.83. The molecule has 0 aromatic carbocycles. The summed E-state index contributed by atoms with van der Waals surface area (Å²) < 4.78 is 1.68. The number of hydrogen-bond donors (Lipinski definition) is 0. The zero-order valence-electron chi connectivity index (χ0n) is 10.7. The number of likely N-dealkylation sites (N-methyl/N-ethyl adjacent to an activating group) is 1. The maximum absolute atomic E-state index is 4.38. The molecular formula is C11H17N7. The van der Waals surface area contributed by atoms with Gasteiger partial charge in [-0.2, -0.15) is 0 Å². The number of hydrogen-bond acceptors (Lipinski definition) is 6. The van der Waals surface area contributed by atoms with Crippen LogP contribution in [0.5, 0.6) is 0 Å². The molecule has 2 aromatic rings. The summed E-state index contributed by atoms with van der Waals surface area (Å²) in [5.41, 5.74) is 1.59. The van der Waals surface area contributed by atoms with Gasteiger partial charge >= 0.3 is 0 Å². The van der Waals surface area contributed by atoms with Gasteiger partial charge in [-0.1, -0.05) is 12.1 Å². The van der Waals surface area contributed by atoms with Gasteiger partial charge in [-0.25, -0.2) is 14.6 Å². The Hall–Kier alpha value is -1.76. The predicted molar refractivity (Wildman–Crippen MR) is 68.4 cm³/mol. The highest BCUT2D eigenvalue weighted by atomic mass is 15.4. The molecule has 1 aliphatic heterocycles. The number of anilines is 1. The van der Waals surface area contributed by atoms with Crippen molar-refractivity contribution < 1.29 is 0 Å². The van der Waals surface area contributed by atoms with E-state index in [9.17, 15) is 0 Å². The molecule has 7 heteroatoms. The van der Waals surface area contributed by atoms with Crippen LogP contribution in [-0.2, 0) is 7.05 Å². The van der Waals surface area contributed by atoms with E-state index < -0.39 is 0 Å². The summed E-state index contributed by atoms with van der Waals surface area (Å²) in [7, 11) is 1.85. The molecule has 0 amide bonds. The summed E-state index contributed by atoms with van der Waals surface area (Å²) >= 11 is 0. The molecular weight excluding hydrogens is 230 g/mol. The van der Waals surface area contributed by atoms with Gasteiger partial charge < -0.3 is 9.80 Å². The minimum atomic E-state index is 0.790. The lowest BCUT2D eigenvalue weighted by molar-refractivity contribution is 0.270. The number of fused-ring (bicyclic) bond motifs is 1. The molecule has 0 aliphatic carbocycles. The number of piperazine rings is 1. The lowest BCUT2D eigenvalue weighted by Crippen LogP contribution is -2.46. The van der Waals surface area contributed by atoms with Crippen LogP contribution in [0, 0.1) is 0 Å². The molecule has 1 aliphatic rings. The lowest BCUT2D eigenvalue weighted by atomic mass is 10.3. The maximum atomic E-state index is 4.38. The Bertz CT molecular complexity index is 541. The van der Waals surface area contributed by atoms with Crippen LogP contribution in [0.2, 0.25) is 0 Å². The monoisotopic (exact) mass is 247 g/mol. The summed E-state index contributed by atoms with van der Waals surface area (Å²) in [5.74, 6) is 0.906. The van der Waals surface area contributed by atoms with Crippen LogP contribution in [0.25, 0.3) is 11.2 Å². The van der Waals surface area contributed by atoms with Crippen molar-refractivity contribution >= 4 is 17.0 Å². The number of aryl methyl sites for hydroxylation is 1. The normalized spacial score (nSPS) is 17.6. The van der Waals surface area contributed by atoms with Crippen LogP contribution < -0.4 is 4.90 Å². The van der Waals surface area contributed by atoms with E-state index in [-0.39, 0.29) is 0 Å². The smallest absolute Gasteiger partial charge is 0.183 e. The third-order valence-electron chi connectivity index (χ3n) is 3.49. The molecule has 96 valence electrons. The Morgan fingerprint density at radius 1 is 1.17 bits per heavy atom. The molecule has 0 bridgehead atoms. The summed E-state index contributed by atoms with van der Waals surface area (Å²) in [6.07, 6.45) is 1.59. The quantitative estimate of drug-likeness (QED) is 0.738. The second-order valence-corrected chi connectivity index (χ2v) is 4.50. The Balaban J connectivity index is 1.91. The third kappa shape index (κ3) is 1.80. The van der Waals surface area contributed by atoms with Gasteiger partial charge in [0.1, 0.15) is 6.33 Å². The molecule has 7 nitrogen and oxygen atoms in total. The van der Waals surface area contributed by atoms with Gasteiger partial charge in [0.05, 0.1) is 0 Å². The first-order valence-corrected chi connectivity index (χ1v) is 6.27. The van der Waals surface area contributed by atoms with Crippen molar-refractivity contribution in [3.63, 3.8) is 0 Å². The summed E-state index contributed by atoms with van der Waals surface area (Å²) in [6.45, 7) is 7.41. The van der Waals surface area contributed by atoms with Gasteiger partial charge in [-0.3, -0.25) is 0 Å². The molecule has 0 radical (unpaired) electrons. The van der Waals surface area contributed by atoms with E-state index in [1.807, 2.05) is 7.05 Å². The lowest BCUT2D eigenvalue weighted by Gasteiger charge is -2.34. The Morgan fingerprint density at radius 2 is 1.94 bits per heavy atom. The largest absolute Gasteiger partial charge is 0.352 e. The van der Waals surface area contributed by atoms with E-state index in [2.05, 4.69) is 37.0 Å². The fraction of sp³-hybridized carbons (Fsp3) is 0.636.